The van der Waals surface area contributed by atoms with Crippen LogP contribution in [0, 0.1) is 5.92 Å². The minimum Gasteiger partial charge on any atom is -0.127 e. The van der Waals surface area contributed by atoms with Crippen molar-refractivity contribution in [1.82, 2.24) is 0 Å². The van der Waals surface area contributed by atoms with E-state index in [1.807, 2.05) is 0 Å². The van der Waals surface area contributed by atoms with Gasteiger partial charge in [-0.1, -0.05) is 19.3 Å². The van der Waals surface area contributed by atoms with E-state index in [0.717, 1.165) is 5.92 Å². The third-order valence-corrected chi connectivity index (χ3v) is 3.60. The van der Waals surface area contributed by atoms with Crippen molar-refractivity contribution in [1.29, 1.82) is 0 Å². The Kier molecular flexibility index (Phi) is 3.06. The molecule has 0 aromatic heterocycles. The predicted molar refractivity (Wildman–Crippen MR) is 46.2 cm³/mol. The summed E-state index contributed by atoms with van der Waals surface area (Å²) < 4.78 is 0. The van der Waals surface area contributed by atoms with Gasteiger partial charge in [0.15, 0.2) is 0 Å². The second-order valence-corrected chi connectivity index (χ2v) is 5.74. The average Bonchev–Trinajstić information content (AvgIpc) is 1.90. The van der Waals surface area contributed by atoms with E-state index >= 15 is 0 Å². The zero-order chi connectivity index (χ0) is 6.69. The lowest BCUT2D eigenvalue weighted by atomic mass is 9.91. The van der Waals surface area contributed by atoms with Gasteiger partial charge in [0.05, 0.1) is 0 Å². The second-order valence-electron chi connectivity index (χ2n) is 3.08. The average molecular weight is 163 g/mol. The molecule has 0 radical (unpaired) electrons. The highest BCUT2D eigenvalue weighted by atomic mass is 35.5. The van der Waals surface area contributed by atoms with Gasteiger partial charge in [-0.2, -0.15) is 0 Å². The molecule has 0 aliphatic heterocycles. The van der Waals surface area contributed by atoms with Gasteiger partial charge in [0.1, 0.15) is 0 Å². The Morgan fingerprint density at radius 2 is 1.78 bits per heavy atom. The maximum Gasteiger partial charge on any atom is 0.0258 e. The van der Waals surface area contributed by atoms with E-state index in [0.29, 0.717) is 5.00 Å². The molecule has 0 amide bonds. The summed E-state index contributed by atoms with van der Waals surface area (Å²) >= 11 is 6.02. The number of hydrogen-bond donors (Lipinski definition) is 0. The first-order valence-electron chi connectivity index (χ1n) is 3.95. The molecule has 0 saturated heterocycles. The van der Waals surface area contributed by atoms with Gasteiger partial charge < -0.3 is 0 Å². The molecular weight excluding hydrogens is 148 g/mol. The second kappa shape index (κ2) is 3.62. The Hall–Kier alpha value is 0.507. The maximum atomic E-state index is 6.02. The van der Waals surface area contributed by atoms with Gasteiger partial charge in [0.25, 0.3) is 0 Å². The molecule has 1 aliphatic carbocycles. The molecule has 1 fully saturated rings. The standard InChI is InChI=1S/C7H15ClSi/c8-7(9)6-4-2-1-3-5-6/h6-7H,1-5H2,9H3. The maximum absolute atomic E-state index is 6.02. The van der Waals surface area contributed by atoms with Crippen LogP contribution in [0.5, 0.6) is 0 Å². The number of hydrogen-bond acceptors (Lipinski definition) is 0. The molecular formula is C7H15ClSi. The minimum absolute atomic E-state index is 0.547. The smallest absolute Gasteiger partial charge is 0.0258 e. The molecule has 1 atom stereocenters. The first kappa shape index (κ1) is 7.61. The van der Waals surface area contributed by atoms with Crippen LogP contribution < -0.4 is 0 Å². The molecule has 54 valence electrons. The Morgan fingerprint density at radius 1 is 1.22 bits per heavy atom. The summed E-state index contributed by atoms with van der Waals surface area (Å²) in [4.78, 5) is 0. The van der Waals surface area contributed by atoms with Gasteiger partial charge in [-0.25, -0.2) is 0 Å². The van der Waals surface area contributed by atoms with E-state index in [-0.39, 0.29) is 0 Å². The Balaban J connectivity index is 2.23. The fourth-order valence-corrected chi connectivity index (χ4v) is 2.51. The molecule has 1 unspecified atom stereocenters. The van der Waals surface area contributed by atoms with Crippen LogP contribution in [0.15, 0.2) is 0 Å². The largest absolute Gasteiger partial charge is 0.127 e. The van der Waals surface area contributed by atoms with Crippen LogP contribution in [-0.4, -0.2) is 15.2 Å². The summed E-state index contributed by atoms with van der Waals surface area (Å²) in [6, 6.07) is 0. The van der Waals surface area contributed by atoms with Crippen molar-refractivity contribution in [2.45, 2.75) is 37.1 Å². The molecule has 0 heterocycles. The van der Waals surface area contributed by atoms with Crippen LogP contribution in [0.1, 0.15) is 32.1 Å². The lowest BCUT2D eigenvalue weighted by Gasteiger charge is -2.23. The molecule has 0 N–H and O–H groups in total. The highest BCUT2D eigenvalue weighted by Gasteiger charge is 2.17. The molecule has 0 bridgehead atoms. The van der Waals surface area contributed by atoms with Crippen molar-refractivity contribution in [3.05, 3.63) is 0 Å². The summed E-state index contributed by atoms with van der Waals surface area (Å²) in [5.74, 6) is 0.882. The summed E-state index contributed by atoms with van der Waals surface area (Å²) in [7, 11) is 1.18. The topological polar surface area (TPSA) is 0 Å². The first-order chi connectivity index (χ1) is 4.30. The number of halogens is 1. The van der Waals surface area contributed by atoms with E-state index < -0.39 is 0 Å². The van der Waals surface area contributed by atoms with Gasteiger partial charge in [0.2, 0.25) is 0 Å². The molecule has 0 aromatic carbocycles. The van der Waals surface area contributed by atoms with Crippen molar-refractivity contribution in [3.63, 3.8) is 0 Å². The minimum atomic E-state index is 0.547. The summed E-state index contributed by atoms with van der Waals surface area (Å²) in [5.41, 5.74) is 0. The Bertz CT molecular complexity index is 77.0. The summed E-state index contributed by atoms with van der Waals surface area (Å²) in [5, 5.41) is 0.547. The van der Waals surface area contributed by atoms with Crippen LogP contribution in [0.4, 0.5) is 0 Å². The van der Waals surface area contributed by atoms with E-state index in [4.69, 9.17) is 11.6 Å². The Morgan fingerprint density at radius 3 is 2.11 bits per heavy atom. The molecule has 1 aliphatic rings. The van der Waals surface area contributed by atoms with Gasteiger partial charge in [-0.3, -0.25) is 0 Å². The first-order valence-corrected chi connectivity index (χ1v) is 5.54. The number of alkyl halides is 1. The van der Waals surface area contributed by atoms with Crippen LogP contribution in [-0.2, 0) is 0 Å². The van der Waals surface area contributed by atoms with Gasteiger partial charge >= 0.3 is 0 Å². The zero-order valence-electron chi connectivity index (χ0n) is 6.07. The van der Waals surface area contributed by atoms with Crippen LogP contribution >= 0.6 is 11.6 Å². The quantitative estimate of drug-likeness (QED) is 0.405. The molecule has 0 nitrogen and oxygen atoms in total. The van der Waals surface area contributed by atoms with Crippen LogP contribution in [0.25, 0.3) is 0 Å². The predicted octanol–water partition coefficient (Wildman–Crippen LogP) is 1.50. The van der Waals surface area contributed by atoms with Crippen LogP contribution in [0.3, 0.4) is 0 Å². The van der Waals surface area contributed by atoms with E-state index in [1.165, 1.54) is 42.3 Å². The fourth-order valence-electron chi connectivity index (χ4n) is 1.59. The highest BCUT2D eigenvalue weighted by molar-refractivity contribution is 6.40. The lowest BCUT2D eigenvalue weighted by Crippen LogP contribution is -2.17. The van der Waals surface area contributed by atoms with E-state index in [1.54, 1.807) is 0 Å². The third kappa shape index (κ3) is 2.30. The fraction of sp³-hybridized carbons (Fsp3) is 1.00. The SMILES string of the molecule is [SiH3]C(Cl)C1CCCCC1. The molecule has 0 aromatic rings. The Labute approximate surface area is 65.4 Å². The molecule has 9 heavy (non-hydrogen) atoms. The summed E-state index contributed by atoms with van der Waals surface area (Å²) in [6.07, 6.45) is 7.10. The summed E-state index contributed by atoms with van der Waals surface area (Å²) in [6.45, 7) is 0. The monoisotopic (exact) mass is 162 g/mol. The van der Waals surface area contributed by atoms with Gasteiger partial charge in [-0.05, 0) is 18.8 Å². The van der Waals surface area contributed by atoms with E-state index in [9.17, 15) is 0 Å². The van der Waals surface area contributed by atoms with Crippen molar-refractivity contribution >= 4 is 21.8 Å². The number of rotatable bonds is 1. The highest BCUT2D eigenvalue weighted by Crippen LogP contribution is 2.27. The lowest BCUT2D eigenvalue weighted by molar-refractivity contribution is 0.376. The molecule has 2 heteroatoms. The van der Waals surface area contributed by atoms with Gasteiger partial charge in [0, 0.05) is 15.2 Å². The van der Waals surface area contributed by atoms with E-state index in [2.05, 4.69) is 0 Å². The zero-order valence-corrected chi connectivity index (χ0v) is 8.82. The van der Waals surface area contributed by atoms with Crippen molar-refractivity contribution < 1.29 is 0 Å². The normalized spacial score (nSPS) is 26.3. The molecule has 0 spiro atoms. The van der Waals surface area contributed by atoms with Gasteiger partial charge in [-0.15, -0.1) is 11.6 Å². The van der Waals surface area contributed by atoms with Crippen molar-refractivity contribution in [2.75, 3.05) is 0 Å². The molecule has 1 rings (SSSR count). The van der Waals surface area contributed by atoms with Crippen LogP contribution in [0.2, 0.25) is 0 Å². The van der Waals surface area contributed by atoms with Crippen molar-refractivity contribution in [2.24, 2.45) is 5.92 Å². The van der Waals surface area contributed by atoms with Crippen molar-refractivity contribution in [3.8, 4) is 0 Å². The molecule has 1 saturated carbocycles. The third-order valence-electron chi connectivity index (χ3n) is 2.30.